The standard InChI is InChI=1S/C13H13BrN2O2S/c1-19(17,18)11-7-5-10(6-8-11)9-15-13-4-2-3-12(14)16-13/h2-8H,9H2,1H3,(H,15,16). The van der Waals surface area contributed by atoms with Crippen LogP contribution in [0.15, 0.2) is 52.0 Å². The normalized spacial score (nSPS) is 11.3. The van der Waals surface area contributed by atoms with Gasteiger partial charge in [-0.25, -0.2) is 13.4 Å². The van der Waals surface area contributed by atoms with Crippen LogP contribution in [-0.4, -0.2) is 19.7 Å². The summed E-state index contributed by atoms with van der Waals surface area (Å²) in [7, 11) is -3.13. The third-order valence-corrected chi connectivity index (χ3v) is 4.11. The highest BCUT2D eigenvalue weighted by Gasteiger charge is 2.05. The third-order valence-electron chi connectivity index (χ3n) is 2.54. The summed E-state index contributed by atoms with van der Waals surface area (Å²) in [5, 5.41) is 3.17. The van der Waals surface area contributed by atoms with Crippen LogP contribution in [0.25, 0.3) is 0 Å². The average Bonchev–Trinajstić information content (AvgIpc) is 2.36. The zero-order valence-electron chi connectivity index (χ0n) is 10.3. The van der Waals surface area contributed by atoms with E-state index in [1.54, 1.807) is 24.3 Å². The van der Waals surface area contributed by atoms with Gasteiger partial charge in [-0.1, -0.05) is 18.2 Å². The van der Waals surface area contributed by atoms with Crippen LogP contribution in [0, 0.1) is 0 Å². The maximum atomic E-state index is 11.3. The minimum atomic E-state index is -3.13. The molecule has 0 atom stereocenters. The lowest BCUT2D eigenvalue weighted by Crippen LogP contribution is -2.02. The van der Waals surface area contributed by atoms with Crippen molar-refractivity contribution in [3.63, 3.8) is 0 Å². The van der Waals surface area contributed by atoms with Gasteiger partial charge in [-0.3, -0.25) is 0 Å². The lowest BCUT2D eigenvalue weighted by Gasteiger charge is -2.06. The van der Waals surface area contributed by atoms with Crippen LogP contribution >= 0.6 is 15.9 Å². The number of halogens is 1. The molecule has 0 saturated carbocycles. The molecule has 0 aliphatic heterocycles. The molecule has 0 aliphatic carbocycles. The van der Waals surface area contributed by atoms with Crippen LogP contribution in [0.5, 0.6) is 0 Å². The third kappa shape index (κ3) is 4.04. The Morgan fingerprint density at radius 1 is 1.16 bits per heavy atom. The van der Waals surface area contributed by atoms with Gasteiger partial charge in [0, 0.05) is 12.8 Å². The molecular formula is C13H13BrN2O2S. The number of benzene rings is 1. The quantitative estimate of drug-likeness (QED) is 0.869. The lowest BCUT2D eigenvalue weighted by molar-refractivity contribution is 0.602. The van der Waals surface area contributed by atoms with Crippen molar-refractivity contribution in [3.8, 4) is 0 Å². The smallest absolute Gasteiger partial charge is 0.175 e. The molecule has 0 saturated heterocycles. The number of sulfone groups is 1. The number of nitrogens with one attached hydrogen (secondary N) is 1. The summed E-state index contributed by atoms with van der Waals surface area (Å²) in [6, 6.07) is 12.4. The number of nitrogens with zero attached hydrogens (tertiary/aromatic N) is 1. The van der Waals surface area contributed by atoms with Gasteiger partial charge < -0.3 is 5.32 Å². The van der Waals surface area contributed by atoms with Crippen molar-refractivity contribution in [2.45, 2.75) is 11.4 Å². The predicted molar refractivity (Wildman–Crippen MR) is 78.8 cm³/mol. The number of aromatic nitrogens is 1. The fourth-order valence-corrected chi connectivity index (χ4v) is 2.53. The van der Waals surface area contributed by atoms with Gasteiger partial charge in [0.1, 0.15) is 10.4 Å². The van der Waals surface area contributed by atoms with Crippen LogP contribution in [0.4, 0.5) is 5.82 Å². The van der Waals surface area contributed by atoms with Gasteiger partial charge in [-0.15, -0.1) is 0 Å². The van der Waals surface area contributed by atoms with Crippen molar-refractivity contribution in [2.24, 2.45) is 0 Å². The molecule has 2 rings (SSSR count). The van der Waals surface area contributed by atoms with E-state index in [1.807, 2.05) is 18.2 Å². The molecule has 1 N–H and O–H groups in total. The molecule has 1 heterocycles. The minimum Gasteiger partial charge on any atom is -0.366 e. The van der Waals surface area contributed by atoms with Crippen molar-refractivity contribution in [1.29, 1.82) is 0 Å². The van der Waals surface area contributed by atoms with E-state index >= 15 is 0 Å². The second kappa shape index (κ2) is 5.71. The molecule has 1 aromatic heterocycles. The van der Waals surface area contributed by atoms with Gasteiger partial charge in [-0.05, 0) is 45.8 Å². The molecule has 0 spiro atoms. The van der Waals surface area contributed by atoms with Crippen LogP contribution in [0.1, 0.15) is 5.56 Å². The topological polar surface area (TPSA) is 59.1 Å². The Morgan fingerprint density at radius 2 is 1.84 bits per heavy atom. The zero-order valence-corrected chi connectivity index (χ0v) is 12.7. The summed E-state index contributed by atoms with van der Waals surface area (Å²) < 4.78 is 23.4. The Balaban J connectivity index is 2.05. The Morgan fingerprint density at radius 3 is 2.42 bits per heavy atom. The summed E-state index contributed by atoms with van der Waals surface area (Å²) in [6.45, 7) is 0.591. The Kier molecular flexibility index (Phi) is 4.21. The Labute approximate surface area is 120 Å². The summed E-state index contributed by atoms with van der Waals surface area (Å²) >= 11 is 3.30. The fraction of sp³-hybridized carbons (Fsp3) is 0.154. The van der Waals surface area contributed by atoms with Gasteiger partial charge >= 0.3 is 0 Å². The first kappa shape index (κ1) is 14.0. The molecule has 2 aromatic rings. The maximum absolute atomic E-state index is 11.3. The first-order valence-electron chi connectivity index (χ1n) is 5.60. The van der Waals surface area contributed by atoms with Gasteiger partial charge in [-0.2, -0.15) is 0 Å². The number of pyridine rings is 1. The summed E-state index contributed by atoms with van der Waals surface area (Å²) in [5.41, 5.74) is 0.995. The molecule has 0 amide bonds. The average molecular weight is 341 g/mol. The SMILES string of the molecule is CS(=O)(=O)c1ccc(CNc2cccc(Br)n2)cc1. The second-order valence-corrected chi connectivity index (χ2v) is 6.94. The Bertz CT molecular complexity index is 669. The molecule has 0 fully saturated rings. The van der Waals surface area contributed by atoms with Crippen LogP contribution in [-0.2, 0) is 16.4 Å². The van der Waals surface area contributed by atoms with E-state index < -0.39 is 9.84 Å². The van der Waals surface area contributed by atoms with Crippen molar-refractivity contribution in [1.82, 2.24) is 4.98 Å². The summed E-state index contributed by atoms with van der Waals surface area (Å²) in [6.07, 6.45) is 1.20. The first-order valence-corrected chi connectivity index (χ1v) is 8.29. The zero-order chi connectivity index (χ0) is 13.9. The van der Waals surface area contributed by atoms with Crippen LogP contribution in [0.2, 0.25) is 0 Å². The van der Waals surface area contributed by atoms with Crippen molar-refractivity contribution >= 4 is 31.6 Å². The fourth-order valence-electron chi connectivity index (χ4n) is 1.55. The van der Waals surface area contributed by atoms with Crippen molar-refractivity contribution in [3.05, 3.63) is 52.6 Å². The molecule has 19 heavy (non-hydrogen) atoms. The van der Waals surface area contributed by atoms with E-state index in [4.69, 9.17) is 0 Å². The first-order chi connectivity index (χ1) is 8.95. The highest BCUT2D eigenvalue weighted by Crippen LogP contribution is 2.13. The second-order valence-electron chi connectivity index (χ2n) is 4.12. The van der Waals surface area contributed by atoms with Gasteiger partial charge in [0.05, 0.1) is 4.90 Å². The molecule has 1 aromatic carbocycles. The van der Waals surface area contributed by atoms with E-state index in [1.165, 1.54) is 6.26 Å². The van der Waals surface area contributed by atoms with Crippen LogP contribution < -0.4 is 5.32 Å². The lowest BCUT2D eigenvalue weighted by atomic mass is 10.2. The maximum Gasteiger partial charge on any atom is 0.175 e. The number of hydrogen-bond acceptors (Lipinski definition) is 4. The molecule has 100 valence electrons. The largest absolute Gasteiger partial charge is 0.366 e. The minimum absolute atomic E-state index is 0.330. The molecule has 4 nitrogen and oxygen atoms in total. The highest BCUT2D eigenvalue weighted by molar-refractivity contribution is 9.10. The number of hydrogen-bond donors (Lipinski definition) is 1. The molecule has 6 heteroatoms. The number of anilines is 1. The molecule has 0 aliphatic rings. The number of rotatable bonds is 4. The Hall–Kier alpha value is -1.40. The van der Waals surface area contributed by atoms with Crippen molar-refractivity contribution < 1.29 is 8.42 Å². The summed E-state index contributed by atoms with van der Waals surface area (Å²) in [5.74, 6) is 0.765. The van der Waals surface area contributed by atoms with E-state index in [0.29, 0.717) is 11.4 Å². The molecule has 0 radical (unpaired) electrons. The summed E-state index contributed by atoms with van der Waals surface area (Å²) in [4.78, 5) is 4.59. The monoisotopic (exact) mass is 340 g/mol. The molecule has 0 bridgehead atoms. The van der Waals surface area contributed by atoms with E-state index in [2.05, 4.69) is 26.2 Å². The predicted octanol–water partition coefficient (Wildman–Crippen LogP) is 2.86. The van der Waals surface area contributed by atoms with Gasteiger partial charge in [0.2, 0.25) is 0 Å². The van der Waals surface area contributed by atoms with Crippen molar-refractivity contribution in [2.75, 3.05) is 11.6 Å². The molecule has 0 unspecified atom stereocenters. The van der Waals surface area contributed by atoms with Gasteiger partial charge in [0.15, 0.2) is 9.84 Å². The highest BCUT2D eigenvalue weighted by atomic mass is 79.9. The van der Waals surface area contributed by atoms with E-state index in [-0.39, 0.29) is 0 Å². The molecular weight excluding hydrogens is 328 g/mol. The van der Waals surface area contributed by atoms with Crippen LogP contribution in [0.3, 0.4) is 0 Å². The van der Waals surface area contributed by atoms with E-state index in [0.717, 1.165) is 16.0 Å². The van der Waals surface area contributed by atoms with Gasteiger partial charge in [0.25, 0.3) is 0 Å². The van der Waals surface area contributed by atoms with E-state index in [9.17, 15) is 8.42 Å².